The van der Waals surface area contributed by atoms with Gasteiger partial charge in [0.15, 0.2) is 0 Å². The number of carbonyl (C=O) groups is 1. The predicted molar refractivity (Wildman–Crippen MR) is 62.9 cm³/mol. The number of unbranched alkanes of at least 4 members (excludes halogenated alkanes) is 7. The first-order valence-corrected chi connectivity index (χ1v) is 6.51. The number of aliphatic carboxylic acids is 1. The van der Waals surface area contributed by atoms with Gasteiger partial charge in [0.2, 0.25) is 0 Å². The van der Waals surface area contributed by atoms with Gasteiger partial charge in [0.05, 0.1) is 6.10 Å². The van der Waals surface area contributed by atoms with Gasteiger partial charge in [0.25, 0.3) is 0 Å². The predicted octanol–water partition coefficient (Wildman–Crippen LogP) is 2.02. The lowest BCUT2D eigenvalue weighted by Gasteiger charge is -2.04. The molecule has 0 spiro atoms. The Bertz CT molecular complexity index is 167. The lowest BCUT2D eigenvalue weighted by Crippen LogP contribution is -2.21. The minimum Gasteiger partial charge on any atom is -0.550 e. The van der Waals surface area contributed by atoms with Crippen LogP contribution in [0.3, 0.4) is 0 Å². The van der Waals surface area contributed by atoms with E-state index < -0.39 is 5.97 Å². The first-order valence-electron chi connectivity index (χ1n) is 6.51. The Balaban J connectivity index is 2.96. The molecule has 0 saturated heterocycles. The molecule has 0 fully saturated rings. The molecule has 0 aromatic rings. The lowest BCUT2D eigenvalue weighted by molar-refractivity contribution is -0.305. The Kier molecular flexibility index (Phi) is 10.5. The van der Waals surface area contributed by atoms with Gasteiger partial charge in [-0.1, -0.05) is 44.9 Å². The fourth-order valence-electron chi connectivity index (χ4n) is 1.77. The van der Waals surface area contributed by atoms with Crippen molar-refractivity contribution in [3.05, 3.63) is 0 Å². The first-order chi connectivity index (χ1) is 7.63. The maximum Gasteiger partial charge on any atom is 0.0512 e. The third-order valence-corrected chi connectivity index (χ3v) is 2.75. The van der Waals surface area contributed by atoms with Crippen LogP contribution in [0.5, 0.6) is 0 Å². The summed E-state index contributed by atoms with van der Waals surface area (Å²) in [5.41, 5.74) is 0. The van der Waals surface area contributed by atoms with Gasteiger partial charge in [-0.25, -0.2) is 0 Å². The summed E-state index contributed by atoms with van der Waals surface area (Å²) in [5, 5.41) is 19.2. The van der Waals surface area contributed by atoms with Crippen LogP contribution >= 0.6 is 0 Å². The Morgan fingerprint density at radius 3 is 1.88 bits per heavy atom. The van der Waals surface area contributed by atoms with Crippen LogP contribution in [0.2, 0.25) is 0 Å². The number of carboxylic acid groups (broad SMARTS) is 1. The fraction of sp³-hybridized carbons (Fsp3) is 0.923. The molecule has 0 saturated carbocycles. The van der Waals surface area contributed by atoms with Crippen molar-refractivity contribution >= 4 is 5.97 Å². The third-order valence-electron chi connectivity index (χ3n) is 2.75. The van der Waals surface area contributed by atoms with Crippen LogP contribution in [-0.2, 0) is 4.79 Å². The summed E-state index contributed by atoms with van der Waals surface area (Å²) < 4.78 is 0. The summed E-state index contributed by atoms with van der Waals surface area (Å²) in [6.45, 7) is 1.83. The second-order valence-corrected chi connectivity index (χ2v) is 4.59. The van der Waals surface area contributed by atoms with Crippen LogP contribution in [0.25, 0.3) is 0 Å². The summed E-state index contributed by atoms with van der Waals surface area (Å²) in [6, 6.07) is 0. The van der Waals surface area contributed by atoms with E-state index in [1.807, 2.05) is 6.92 Å². The van der Waals surface area contributed by atoms with E-state index in [2.05, 4.69) is 0 Å². The normalized spacial score (nSPS) is 12.6. The van der Waals surface area contributed by atoms with Gasteiger partial charge in [-0.15, -0.1) is 0 Å². The molecule has 0 rings (SSSR count). The second-order valence-electron chi connectivity index (χ2n) is 4.59. The van der Waals surface area contributed by atoms with Crippen LogP contribution < -0.4 is 5.11 Å². The number of aliphatic hydroxyl groups is 1. The summed E-state index contributed by atoms with van der Waals surface area (Å²) >= 11 is 0. The highest BCUT2D eigenvalue weighted by molar-refractivity contribution is 5.63. The summed E-state index contributed by atoms with van der Waals surface area (Å²) in [5.74, 6) is -0.932. The van der Waals surface area contributed by atoms with Gasteiger partial charge in [-0.2, -0.15) is 0 Å². The van der Waals surface area contributed by atoms with Crippen molar-refractivity contribution in [2.24, 2.45) is 0 Å². The summed E-state index contributed by atoms with van der Waals surface area (Å²) in [4.78, 5) is 10.1. The molecule has 3 heteroatoms. The topological polar surface area (TPSA) is 60.4 Å². The summed E-state index contributed by atoms with van der Waals surface area (Å²) in [7, 11) is 0. The zero-order chi connectivity index (χ0) is 12.2. The van der Waals surface area contributed by atoms with Crippen molar-refractivity contribution in [3.8, 4) is 0 Å². The zero-order valence-electron chi connectivity index (χ0n) is 10.4. The number of hydrogen-bond donors (Lipinski definition) is 1. The minimum atomic E-state index is -0.932. The Morgan fingerprint density at radius 1 is 1.00 bits per heavy atom. The number of hydrogen-bond acceptors (Lipinski definition) is 3. The van der Waals surface area contributed by atoms with Gasteiger partial charge in [0.1, 0.15) is 0 Å². The number of carboxylic acids is 1. The minimum absolute atomic E-state index is 0.162. The number of carbonyl (C=O) groups excluding carboxylic acids is 1. The molecule has 0 aliphatic heterocycles. The van der Waals surface area contributed by atoms with Crippen LogP contribution in [0.15, 0.2) is 0 Å². The van der Waals surface area contributed by atoms with Crippen molar-refractivity contribution in [2.75, 3.05) is 0 Å². The molecular weight excluding hydrogens is 204 g/mol. The molecule has 0 amide bonds. The summed E-state index contributed by atoms with van der Waals surface area (Å²) in [6.07, 6.45) is 9.80. The van der Waals surface area contributed by atoms with E-state index in [0.29, 0.717) is 0 Å². The molecular formula is C13H25O3-. The van der Waals surface area contributed by atoms with Gasteiger partial charge in [-0.3, -0.25) is 0 Å². The van der Waals surface area contributed by atoms with E-state index in [0.717, 1.165) is 32.1 Å². The molecule has 0 aliphatic carbocycles. The van der Waals surface area contributed by atoms with Crippen LogP contribution in [0.1, 0.15) is 71.1 Å². The van der Waals surface area contributed by atoms with Crippen molar-refractivity contribution in [1.29, 1.82) is 0 Å². The van der Waals surface area contributed by atoms with E-state index in [-0.39, 0.29) is 12.5 Å². The highest BCUT2D eigenvalue weighted by Crippen LogP contribution is 2.11. The average Bonchev–Trinajstić information content (AvgIpc) is 2.20. The van der Waals surface area contributed by atoms with Crippen LogP contribution in [0.4, 0.5) is 0 Å². The Labute approximate surface area is 98.9 Å². The molecule has 16 heavy (non-hydrogen) atoms. The quantitative estimate of drug-likeness (QED) is 0.551. The number of aliphatic hydroxyl groups excluding tert-OH is 1. The van der Waals surface area contributed by atoms with Gasteiger partial charge >= 0.3 is 0 Å². The fourth-order valence-corrected chi connectivity index (χ4v) is 1.77. The van der Waals surface area contributed by atoms with Crippen LogP contribution in [-0.4, -0.2) is 17.2 Å². The second kappa shape index (κ2) is 10.9. The highest BCUT2D eigenvalue weighted by Gasteiger charge is 1.96. The van der Waals surface area contributed by atoms with Crippen molar-refractivity contribution in [3.63, 3.8) is 0 Å². The smallest absolute Gasteiger partial charge is 0.0512 e. The lowest BCUT2D eigenvalue weighted by atomic mass is 10.1. The molecule has 0 bridgehead atoms. The maximum atomic E-state index is 10.1. The standard InChI is InChI=1S/C13H26O3/c1-12(14)10-8-6-4-2-3-5-7-9-11-13(15)16/h12,14H,2-11H2,1H3,(H,15,16)/p-1. The van der Waals surface area contributed by atoms with Gasteiger partial charge in [0, 0.05) is 5.97 Å². The molecule has 0 aliphatic rings. The van der Waals surface area contributed by atoms with Crippen LogP contribution in [0, 0.1) is 0 Å². The van der Waals surface area contributed by atoms with E-state index in [1.165, 1.54) is 25.7 Å². The SMILES string of the molecule is CC(O)CCCCCCCCCCC(=O)[O-]. The Hall–Kier alpha value is -0.570. The monoisotopic (exact) mass is 229 g/mol. The maximum absolute atomic E-state index is 10.1. The van der Waals surface area contributed by atoms with Crippen molar-refractivity contribution in [2.45, 2.75) is 77.2 Å². The van der Waals surface area contributed by atoms with Crippen molar-refractivity contribution in [1.82, 2.24) is 0 Å². The largest absolute Gasteiger partial charge is 0.550 e. The number of rotatable bonds is 11. The van der Waals surface area contributed by atoms with E-state index in [1.54, 1.807) is 0 Å². The van der Waals surface area contributed by atoms with E-state index in [9.17, 15) is 9.90 Å². The molecule has 0 aromatic heterocycles. The average molecular weight is 229 g/mol. The van der Waals surface area contributed by atoms with Gasteiger partial charge < -0.3 is 15.0 Å². The van der Waals surface area contributed by atoms with E-state index >= 15 is 0 Å². The molecule has 0 aromatic carbocycles. The molecule has 1 N–H and O–H groups in total. The molecule has 1 unspecified atom stereocenters. The first kappa shape index (κ1) is 15.4. The van der Waals surface area contributed by atoms with E-state index in [4.69, 9.17) is 5.11 Å². The molecule has 96 valence electrons. The van der Waals surface area contributed by atoms with Crippen molar-refractivity contribution < 1.29 is 15.0 Å². The highest BCUT2D eigenvalue weighted by atomic mass is 16.4. The molecule has 1 atom stereocenters. The third kappa shape index (κ3) is 13.4. The zero-order valence-corrected chi connectivity index (χ0v) is 10.4. The molecule has 3 nitrogen and oxygen atoms in total. The Morgan fingerprint density at radius 2 is 1.44 bits per heavy atom. The van der Waals surface area contributed by atoms with Gasteiger partial charge in [-0.05, 0) is 26.2 Å². The molecule has 0 heterocycles. The molecule has 0 radical (unpaired) electrons.